The summed E-state index contributed by atoms with van der Waals surface area (Å²) in [4.78, 5) is 15.4. The molecule has 0 bridgehead atoms. The quantitative estimate of drug-likeness (QED) is 0.260. The van der Waals surface area contributed by atoms with Crippen LogP contribution in [0.2, 0.25) is 0 Å². The highest BCUT2D eigenvalue weighted by molar-refractivity contribution is 14.0. The normalized spacial score (nSPS) is 12.1. The van der Waals surface area contributed by atoms with Gasteiger partial charge in [-0.05, 0) is 24.6 Å². The molecule has 0 aliphatic heterocycles. The Kier molecular flexibility index (Phi) is 10.0. The number of aromatic nitrogens is 2. The van der Waals surface area contributed by atoms with Gasteiger partial charge in [0.2, 0.25) is 0 Å². The van der Waals surface area contributed by atoms with Crippen LogP contribution in [0, 0.1) is 0 Å². The average molecular weight is 537 g/mol. The lowest BCUT2D eigenvalue weighted by atomic mass is 10.2. The maximum Gasteiger partial charge on any atom is 0.194 e. The van der Waals surface area contributed by atoms with E-state index < -0.39 is 10.8 Å². The van der Waals surface area contributed by atoms with Crippen molar-refractivity contribution in [1.29, 1.82) is 0 Å². The second-order valence-electron chi connectivity index (χ2n) is 6.56. The Hall–Kier alpha value is -2.20. The van der Waals surface area contributed by atoms with Crippen LogP contribution in [0.3, 0.4) is 0 Å². The molecule has 0 aliphatic rings. The van der Waals surface area contributed by atoms with Gasteiger partial charge in [0.1, 0.15) is 5.82 Å². The summed E-state index contributed by atoms with van der Waals surface area (Å²) in [5.41, 5.74) is 2.10. The number of H-pyrrole nitrogens is 1. The molecule has 0 aliphatic carbocycles. The van der Waals surface area contributed by atoms with Gasteiger partial charge >= 0.3 is 0 Å². The first-order chi connectivity index (χ1) is 14.2. The molecule has 160 valence electrons. The number of guanidine groups is 1. The van der Waals surface area contributed by atoms with Crippen LogP contribution < -0.4 is 5.32 Å². The minimum atomic E-state index is -1.04. The second-order valence-corrected chi connectivity index (χ2v) is 8.13. The van der Waals surface area contributed by atoms with Crippen LogP contribution in [0.15, 0.2) is 76.7 Å². The average Bonchev–Trinajstić information content (AvgIpc) is 3.22. The largest absolute Gasteiger partial charge is 0.357 e. The number of nitrogens with zero attached hydrogens (tertiary/aromatic N) is 3. The molecule has 0 radical (unpaired) electrons. The number of hydrogen-bond donors (Lipinski definition) is 2. The lowest BCUT2D eigenvalue weighted by molar-refractivity contribution is 0.464. The van der Waals surface area contributed by atoms with Gasteiger partial charge in [-0.2, -0.15) is 0 Å². The molecule has 3 rings (SSSR count). The van der Waals surface area contributed by atoms with E-state index in [1.165, 1.54) is 0 Å². The van der Waals surface area contributed by atoms with Crippen molar-refractivity contribution in [3.63, 3.8) is 0 Å². The second kappa shape index (κ2) is 12.5. The summed E-state index contributed by atoms with van der Waals surface area (Å²) in [7, 11) is 0.928. The minimum absolute atomic E-state index is 0. The Morgan fingerprint density at radius 2 is 1.80 bits per heavy atom. The molecule has 0 saturated carbocycles. The Labute approximate surface area is 197 Å². The highest BCUT2D eigenvalue weighted by Crippen LogP contribution is 2.16. The van der Waals surface area contributed by atoms with E-state index in [1.54, 1.807) is 0 Å². The predicted molar refractivity (Wildman–Crippen MR) is 135 cm³/mol. The summed E-state index contributed by atoms with van der Waals surface area (Å²) in [6.45, 7) is 3.88. The Morgan fingerprint density at radius 1 is 1.13 bits per heavy atom. The molecule has 0 spiro atoms. The van der Waals surface area contributed by atoms with E-state index in [9.17, 15) is 4.21 Å². The Morgan fingerprint density at radius 3 is 2.47 bits per heavy atom. The monoisotopic (exact) mass is 537 g/mol. The van der Waals surface area contributed by atoms with E-state index in [2.05, 4.69) is 32.4 Å². The molecule has 0 saturated heterocycles. The summed E-state index contributed by atoms with van der Waals surface area (Å²) in [5, 5.41) is 3.29. The van der Waals surface area contributed by atoms with Gasteiger partial charge in [0.15, 0.2) is 5.96 Å². The number of rotatable bonds is 8. The fourth-order valence-electron chi connectivity index (χ4n) is 2.90. The molecule has 1 unspecified atom stereocenters. The van der Waals surface area contributed by atoms with Crippen LogP contribution in [0.4, 0.5) is 0 Å². The topological polar surface area (TPSA) is 73.4 Å². The standard InChI is InChI=1S/C22H27N5OS.HI/c1-3-23-22(24-14-15-29(28)19-12-8-5-9-13-19)27(2)17-21-25-16-20(26-21)18-10-6-4-7-11-18;/h4-13,16H,3,14-15,17H2,1-2H3,(H,23,24)(H,25,26);1H. The van der Waals surface area contributed by atoms with Gasteiger partial charge in [-0.25, -0.2) is 4.98 Å². The molecule has 1 atom stereocenters. The number of aliphatic imine (C=N–C) groups is 1. The van der Waals surface area contributed by atoms with E-state index in [1.807, 2.05) is 73.6 Å². The van der Waals surface area contributed by atoms with E-state index in [0.29, 0.717) is 18.8 Å². The highest BCUT2D eigenvalue weighted by Gasteiger charge is 2.10. The maximum absolute atomic E-state index is 12.4. The number of aromatic amines is 1. The number of halogens is 1. The maximum atomic E-state index is 12.4. The van der Waals surface area contributed by atoms with Crippen LogP contribution >= 0.6 is 24.0 Å². The van der Waals surface area contributed by atoms with Crippen LogP contribution in [0.25, 0.3) is 11.3 Å². The van der Waals surface area contributed by atoms with Gasteiger partial charge in [-0.3, -0.25) is 9.20 Å². The third-order valence-electron chi connectivity index (χ3n) is 4.34. The molecule has 0 fully saturated rings. The minimum Gasteiger partial charge on any atom is -0.357 e. The van der Waals surface area contributed by atoms with Crippen molar-refractivity contribution in [2.75, 3.05) is 25.9 Å². The lowest BCUT2D eigenvalue weighted by Gasteiger charge is -2.21. The summed E-state index contributed by atoms with van der Waals surface area (Å²) >= 11 is 0. The Balaban J connectivity index is 0.00000320. The van der Waals surface area contributed by atoms with E-state index >= 15 is 0 Å². The number of nitrogens with one attached hydrogen (secondary N) is 2. The Bertz CT molecular complexity index is 946. The molecular weight excluding hydrogens is 509 g/mol. The molecule has 1 aromatic heterocycles. The van der Waals surface area contributed by atoms with E-state index in [-0.39, 0.29) is 24.0 Å². The first kappa shape index (κ1) is 24.1. The SMILES string of the molecule is CCNC(=NCCS(=O)c1ccccc1)N(C)Cc1ncc(-c2ccccc2)[nH]1.I. The molecule has 2 aromatic carbocycles. The molecule has 6 nitrogen and oxygen atoms in total. The smallest absolute Gasteiger partial charge is 0.194 e. The van der Waals surface area contributed by atoms with Gasteiger partial charge in [-0.1, -0.05) is 48.5 Å². The summed E-state index contributed by atoms with van der Waals surface area (Å²) in [6, 6.07) is 19.6. The third-order valence-corrected chi connectivity index (χ3v) is 5.69. The van der Waals surface area contributed by atoms with Gasteiger partial charge in [0, 0.05) is 24.2 Å². The molecule has 30 heavy (non-hydrogen) atoms. The first-order valence-electron chi connectivity index (χ1n) is 9.69. The van der Waals surface area contributed by atoms with Crippen molar-refractivity contribution in [2.24, 2.45) is 4.99 Å². The zero-order valence-electron chi connectivity index (χ0n) is 17.2. The lowest BCUT2D eigenvalue weighted by Crippen LogP contribution is -2.39. The number of benzene rings is 2. The first-order valence-corrected chi connectivity index (χ1v) is 11.0. The zero-order valence-corrected chi connectivity index (χ0v) is 20.4. The molecule has 1 heterocycles. The number of hydrogen-bond acceptors (Lipinski definition) is 3. The highest BCUT2D eigenvalue weighted by atomic mass is 127. The fourth-order valence-corrected chi connectivity index (χ4v) is 3.85. The van der Waals surface area contributed by atoms with Gasteiger partial charge in [-0.15, -0.1) is 24.0 Å². The van der Waals surface area contributed by atoms with Crippen molar-refractivity contribution < 1.29 is 4.21 Å². The molecular formula is C22H28IN5OS. The zero-order chi connectivity index (χ0) is 20.5. The predicted octanol–water partition coefficient (Wildman–Crippen LogP) is 3.90. The van der Waals surface area contributed by atoms with E-state index in [0.717, 1.165) is 34.5 Å². The van der Waals surface area contributed by atoms with Gasteiger partial charge in [0.05, 0.1) is 35.8 Å². The van der Waals surface area contributed by atoms with Crippen molar-refractivity contribution in [2.45, 2.75) is 18.4 Å². The summed E-state index contributed by atoms with van der Waals surface area (Å²) in [6.07, 6.45) is 1.85. The van der Waals surface area contributed by atoms with Crippen LogP contribution in [0.1, 0.15) is 12.7 Å². The van der Waals surface area contributed by atoms with Crippen molar-refractivity contribution in [3.05, 3.63) is 72.7 Å². The van der Waals surface area contributed by atoms with Crippen molar-refractivity contribution in [3.8, 4) is 11.3 Å². The van der Waals surface area contributed by atoms with Crippen LogP contribution in [-0.4, -0.2) is 50.9 Å². The molecule has 0 amide bonds. The summed E-state index contributed by atoms with van der Waals surface area (Å²) in [5.74, 6) is 2.13. The van der Waals surface area contributed by atoms with Gasteiger partial charge in [0.25, 0.3) is 0 Å². The van der Waals surface area contributed by atoms with Crippen molar-refractivity contribution >= 4 is 40.7 Å². The van der Waals surface area contributed by atoms with Crippen LogP contribution in [0.5, 0.6) is 0 Å². The van der Waals surface area contributed by atoms with Crippen molar-refractivity contribution in [1.82, 2.24) is 20.2 Å². The fraction of sp³-hybridized carbons (Fsp3) is 0.273. The summed E-state index contributed by atoms with van der Waals surface area (Å²) < 4.78 is 12.4. The third kappa shape index (κ3) is 6.94. The van der Waals surface area contributed by atoms with Gasteiger partial charge < -0.3 is 15.2 Å². The van der Waals surface area contributed by atoms with E-state index in [4.69, 9.17) is 0 Å². The number of imidazole rings is 1. The molecule has 8 heteroatoms. The molecule has 3 aromatic rings. The molecule has 2 N–H and O–H groups in total. The van der Waals surface area contributed by atoms with Crippen LogP contribution in [-0.2, 0) is 17.3 Å².